The second-order valence-electron chi connectivity index (χ2n) is 30.7. The lowest BCUT2D eigenvalue weighted by Gasteiger charge is -2.39. The van der Waals surface area contributed by atoms with Crippen molar-refractivity contribution in [3.8, 4) is 0 Å². The van der Waals surface area contributed by atoms with Gasteiger partial charge >= 0.3 is 52.8 Å². The molecule has 0 rings (SSSR count). The van der Waals surface area contributed by atoms with Crippen LogP contribution in [0.1, 0.15) is 295 Å². The van der Waals surface area contributed by atoms with Crippen molar-refractivity contribution in [3.63, 3.8) is 0 Å². The molecule has 0 aliphatic heterocycles. The molecule has 0 saturated carbocycles. The lowest BCUT2D eigenvalue weighted by molar-refractivity contribution is 0.0704. The predicted octanol–water partition coefficient (Wildman–Crippen LogP) is 37.1. The Morgan fingerprint density at radius 3 is 0.667 bits per heavy atom. The fourth-order valence-corrected chi connectivity index (χ4v) is 75.4. The molecule has 0 saturated heterocycles. The molecule has 132 heavy (non-hydrogen) atoms. The summed E-state index contributed by atoms with van der Waals surface area (Å²) in [5.74, 6) is 8.83. The molecule has 48 heteroatoms. The van der Waals surface area contributed by atoms with E-state index in [1.807, 2.05) is 288 Å². The first-order valence-corrected chi connectivity index (χ1v) is 90.2. The van der Waals surface area contributed by atoms with Crippen LogP contribution >= 0.6 is 247 Å². The van der Waals surface area contributed by atoms with E-state index in [0.717, 1.165) is 140 Å². The fraction of sp³-hybridized carbons (Fsp3) is 0.952. The van der Waals surface area contributed by atoms with E-state index in [-0.39, 0.29) is 5.92 Å². The molecule has 0 aromatic rings. The van der Waals surface area contributed by atoms with E-state index in [2.05, 4.69) is 132 Å². The van der Waals surface area contributed by atoms with Crippen LogP contribution in [-0.4, -0.2) is 210 Å². The van der Waals surface area contributed by atoms with Gasteiger partial charge in [0.25, 0.3) is 0 Å². The summed E-state index contributed by atoms with van der Waals surface area (Å²) >= 11 is 0. The maximum atomic E-state index is 6.42. The van der Waals surface area contributed by atoms with Crippen LogP contribution in [0.3, 0.4) is 0 Å². The second kappa shape index (κ2) is 94.2. The smallest absolute Gasteiger partial charge is 0.374 e. The third kappa shape index (κ3) is 67.1. The third-order valence-electron chi connectivity index (χ3n) is 19.7. The number of unbranched alkanes of at least 4 members (excludes halogenated alkanes) is 1. The first kappa shape index (κ1) is 140. The molecule has 0 N–H and O–H groups in total. The first-order valence-electron chi connectivity index (χ1n) is 48.7. The van der Waals surface area contributed by atoms with Gasteiger partial charge in [-0.05, 0) is 373 Å². The molecular weight excluding hydrogens is 2240 g/mol. The average molecular weight is 2410 g/mol. The van der Waals surface area contributed by atoms with Crippen molar-refractivity contribution in [1.29, 1.82) is 0 Å². The Hall–Kier alpha value is 8.46. The normalized spacial score (nSPS) is 14.0. The SMILES string of the molecule is CCO[Si](CCCSSSSC(SSSSCCC[Si](OCC)(OCC)OCC)=C(C)C(SSSSCCC[Si](OCC)(OCC)OCC)=C(SSSSCCC[Si](OCC)(OCC)OCC)C(SSSSCCC[Si](OCC)(OCC)OCC)(SSSSCCC[Si](OCC)(OCC)OCC)C(C)CCCC(C)CCCCC(C)CCCC(C)CCCC(C)C)(OCC)OCC. The van der Waals surface area contributed by atoms with Gasteiger partial charge in [0.2, 0.25) is 0 Å². The van der Waals surface area contributed by atoms with Gasteiger partial charge in [0, 0.05) is 200 Å². The Labute approximate surface area is 906 Å². The van der Waals surface area contributed by atoms with E-state index in [0.29, 0.717) is 125 Å². The quantitative estimate of drug-likeness (QED) is 0.0185. The molecule has 0 spiro atoms. The fourth-order valence-electron chi connectivity index (χ4n) is 14.0. The molecule has 0 amide bonds. The molecule has 0 heterocycles. The lowest BCUT2D eigenvalue weighted by Crippen LogP contribution is -2.46. The standard InChI is InChI=1S/C84H178O18S24Si6/c1-26-85-127(86-27-2,87-28-3)69-49-63-103-115-121-109-81(80(25)83(111-123-117-105-65-51-71-129(91-32-7,92-33-8)93-34-9)112-124-118-106-66-52-72-130(94-35-10,95-36-11)96-37-12)82(110-122-116-104-64-50-70-128(88-29-4,89-30-5)90-31-6)84(113-125-119-107-67-53-73-131(97-38-13,98-39-14)99-40-15,114-126-120-108-68-54-74-132(100-41-16,101-42-17)102-43-18)79(24)62-48-61-77(22)57-45-44-56-76(21)59-47-60-78(23)58-46-55-75(19)20/h75-79H,26-74H2,1-25H3. The molecule has 0 radical (unpaired) electrons. The Balaban J connectivity index is 9.43. The van der Waals surface area contributed by atoms with Gasteiger partial charge in [-0.3, -0.25) is 0 Å². The minimum atomic E-state index is -2.86. The Kier molecular flexibility index (Phi) is 100. The molecule has 18 nitrogen and oxygen atoms in total. The van der Waals surface area contributed by atoms with Gasteiger partial charge in [-0.15, -0.1) is 0 Å². The van der Waals surface area contributed by atoms with Crippen molar-refractivity contribution in [2.75, 3.05) is 153 Å². The number of rotatable bonds is 104. The highest BCUT2D eigenvalue weighted by atomic mass is 33.7. The Bertz CT molecular complexity index is 2500. The molecule has 0 aliphatic rings. The van der Waals surface area contributed by atoms with E-state index < -0.39 is 56.9 Å². The van der Waals surface area contributed by atoms with E-state index >= 15 is 0 Å². The van der Waals surface area contributed by atoms with Gasteiger partial charge in [-0.1, -0.05) is 205 Å². The topological polar surface area (TPSA) is 166 Å². The summed E-state index contributed by atoms with van der Waals surface area (Å²) in [6, 6.07) is 4.67. The highest BCUT2D eigenvalue weighted by Crippen LogP contribution is 2.71. The van der Waals surface area contributed by atoms with E-state index in [4.69, 9.17) is 79.7 Å². The van der Waals surface area contributed by atoms with Crippen LogP contribution in [0, 0.1) is 29.6 Å². The molecule has 0 aliphatic carbocycles. The Morgan fingerprint density at radius 1 is 0.227 bits per heavy atom. The van der Waals surface area contributed by atoms with Crippen molar-refractivity contribution >= 4 is 300 Å². The monoisotopic (exact) mass is 2410 g/mol. The van der Waals surface area contributed by atoms with Gasteiger partial charge in [0.15, 0.2) is 0 Å². The summed E-state index contributed by atoms with van der Waals surface area (Å²) in [4.78, 5) is 2.72. The van der Waals surface area contributed by atoms with Crippen molar-refractivity contribution in [3.05, 3.63) is 19.6 Å². The molecule has 4 unspecified atom stereocenters. The van der Waals surface area contributed by atoms with Crippen LogP contribution in [-0.2, 0) is 79.7 Å². The minimum absolute atomic E-state index is 0.215. The summed E-state index contributed by atoms with van der Waals surface area (Å²) in [5, 5.41) is 0. The molecular formula is C84H178O18S24Si6. The van der Waals surface area contributed by atoms with Crippen molar-refractivity contribution in [2.24, 2.45) is 29.6 Å². The molecule has 0 aromatic carbocycles. The highest BCUT2D eigenvalue weighted by Gasteiger charge is 2.48. The van der Waals surface area contributed by atoms with Gasteiger partial charge in [-0.25, -0.2) is 0 Å². The van der Waals surface area contributed by atoms with Crippen LogP contribution in [0.25, 0.3) is 0 Å². The summed E-state index contributed by atoms with van der Waals surface area (Å²) in [5.41, 5.74) is 1.29. The zero-order valence-corrected chi connectivity index (χ0v) is 111. The molecule has 4 atom stereocenters. The molecule has 0 aromatic heterocycles. The van der Waals surface area contributed by atoms with E-state index in [1.54, 1.807) is 0 Å². The first-order chi connectivity index (χ1) is 63.9. The summed E-state index contributed by atoms with van der Waals surface area (Å²) < 4.78 is 116. The predicted molar refractivity (Wildman–Crippen MR) is 646 cm³/mol. The zero-order valence-electron chi connectivity index (χ0n) is 85.2. The van der Waals surface area contributed by atoms with Gasteiger partial charge in [-0.2, -0.15) is 0 Å². The highest BCUT2D eigenvalue weighted by molar-refractivity contribution is 9.31. The molecule has 0 fully saturated rings. The van der Waals surface area contributed by atoms with Crippen molar-refractivity contribution < 1.29 is 79.7 Å². The van der Waals surface area contributed by atoms with Crippen LogP contribution in [0.2, 0.25) is 36.3 Å². The number of hydrogen-bond acceptors (Lipinski definition) is 42. The third-order valence-corrected chi connectivity index (χ3v) is 80.7. The average Bonchev–Trinajstić information content (AvgIpc) is 0.771. The number of hydrogen-bond donors (Lipinski definition) is 0. The number of allylic oxidation sites excluding steroid dienone is 1. The Morgan fingerprint density at radius 2 is 0.432 bits per heavy atom. The second-order valence-corrected chi connectivity index (χ2v) is 83.9. The molecule has 790 valence electrons. The maximum Gasteiger partial charge on any atom is 0.500 e. The maximum absolute atomic E-state index is 6.42. The minimum Gasteiger partial charge on any atom is -0.374 e. The largest absolute Gasteiger partial charge is 0.500 e. The van der Waals surface area contributed by atoms with Gasteiger partial charge < -0.3 is 79.7 Å². The van der Waals surface area contributed by atoms with E-state index in [1.165, 1.54) is 90.2 Å². The van der Waals surface area contributed by atoms with Crippen LogP contribution in [0.5, 0.6) is 0 Å². The van der Waals surface area contributed by atoms with Crippen LogP contribution in [0.4, 0.5) is 0 Å². The van der Waals surface area contributed by atoms with Crippen molar-refractivity contribution in [1.82, 2.24) is 0 Å². The van der Waals surface area contributed by atoms with Gasteiger partial charge in [0.1, 0.15) is 4.08 Å². The zero-order chi connectivity index (χ0) is 98.0. The summed E-state index contributed by atoms with van der Waals surface area (Å²) in [6.07, 6.45) is 22.3. The molecule has 0 bridgehead atoms. The van der Waals surface area contributed by atoms with Crippen molar-refractivity contribution in [2.45, 2.75) is 335 Å². The van der Waals surface area contributed by atoms with Crippen LogP contribution < -0.4 is 0 Å². The lowest BCUT2D eigenvalue weighted by atomic mass is 9.90. The summed E-state index contributed by atoms with van der Waals surface area (Å²) in [6.45, 7) is 64.3. The summed E-state index contributed by atoms with van der Waals surface area (Å²) in [7, 11) is 29.3. The van der Waals surface area contributed by atoms with E-state index in [9.17, 15) is 0 Å². The van der Waals surface area contributed by atoms with Crippen LogP contribution in [0.15, 0.2) is 19.6 Å². The van der Waals surface area contributed by atoms with Gasteiger partial charge in [0.05, 0.1) is 4.24 Å².